The SMILES string of the molecule is C[C@@H](O)[C@H](N)C(=O)N[C@@H](CN)C(=O)N1CCC[C@H]1C(=O)N1CCC[C@H]1C(=O)N[C@@H](CCCN=C(N)N)C(=O)O. The standard InChI is InChI=1S/C23H41N9O7/c1-12(33)17(25)19(35)30-14(11-24)20(36)32-10-4-7-16(32)21(37)31-9-3-6-15(31)18(34)29-13(22(38)39)5-2-8-28-23(26)27/h12-17,33H,2-11,24-25H2,1H3,(H,29,34)(H,30,35)(H,38,39)(H4,26,27,28)/t12-,13+,14+,15+,16+,17+/m1/s1. The number of aliphatic carboxylic acids is 1. The quantitative estimate of drug-likeness (QED) is 0.0612. The van der Waals surface area contributed by atoms with Gasteiger partial charge in [0, 0.05) is 26.2 Å². The second-order valence-corrected chi connectivity index (χ2v) is 9.79. The number of hydrogen-bond acceptors (Lipinski definition) is 9. The lowest BCUT2D eigenvalue weighted by Gasteiger charge is -2.33. The summed E-state index contributed by atoms with van der Waals surface area (Å²) in [6.07, 6.45) is 1.04. The minimum Gasteiger partial charge on any atom is -0.480 e. The summed E-state index contributed by atoms with van der Waals surface area (Å²) in [6.45, 7) is 1.83. The maximum atomic E-state index is 13.5. The Labute approximate surface area is 226 Å². The van der Waals surface area contributed by atoms with Crippen LogP contribution in [-0.4, -0.2) is 118 Å². The van der Waals surface area contributed by atoms with Gasteiger partial charge in [-0.25, -0.2) is 4.79 Å². The van der Waals surface area contributed by atoms with E-state index in [2.05, 4.69) is 15.6 Å². The van der Waals surface area contributed by atoms with E-state index in [1.54, 1.807) is 0 Å². The molecule has 2 fully saturated rings. The van der Waals surface area contributed by atoms with Gasteiger partial charge in [0.1, 0.15) is 30.2 Å². The Morgan fingerprint density at radius 1 is 1.00 bits per heavy atom. The van der Waals surface area contributed by atoms with Crippen molar-refractivity contribution in [2.45, 2.75) is 81.8 Å². The molecule has 2 saturated heterocycles. The molecule has 39 heavy (non-hydrogen) atoms. The molecule has 2 rings (SSSR count). The van der Waals surface area contributed by atoms with Gasteiger partial charge in [-0.1, -0.05) is 0 Å². The number of carbonyl (C=O) groups excluding carboxylic acids is 4. The predicted molar refractivity (Wildman–Crippen MR) is 140 cm³/mol. The van der Waals surface area contributed by atoms with E-state index in [-0.39, 0.29) is 38.6 Å². The summed E-state index contributed by atoms with van der Waals surface area (Å²) in [7, 11) is 0. The maximum Gasteiger partial charge on any atom is 0.326 e. The Bertz CT molecular complexity index is 941. The molecule has 0 bridgehead atoms. The van der Waals surface area contributed by atoms with Gasteiger partial charge in [0.25, 0.3) is 0 Å². The number of carbonyl (C=O) groups is 5. The summed E-state index contributed by atoms with van der Waals surface area (Å²) in [6, 6.07) is -5.34. The molecule has 6 atom stereocenters. The molecule has 0 aliphatic carbocycles. The summed E-state index contributed by atoms with van der Waals surface area (Å²) < 4.78 is 0. The van der Waals surface area contributed by atoms with Crippen LogP contribution in [0.15, 0.2) is 4.99 Å². The van der Waals surface area contributed by atoms with Crippen molar-refractivity contribution >= 4 is 35.6 Å². The summed E-state index contributed by atoms with van der Waals surface area (Å²) >= 11 is 0. The van der Waals surface area contributed by atoms with Gasteiger partial charge in [-0.15, -0.1) is 0 Å². The number of amides is 4. The molecule has 0 aromatic carbocycles. The Hall–Kier alpha value is -3.50. The zero-order valence-electron chi connectivity index (χ0n) is 22.1. The highest BCUT2D eigenvalue weighted by Gasteiger charge is 2.44. The van der Waals surface area contributed by atoms with Crippen LogP contribution in [-0.2, 0) is 24.0 Å². The van der Waals surface area contributed by atoms with Crippen LogP contribution in [0, 0.1) is 0 Å². The molecular formula is C23H41N9O7. The molecule has 2 aliphatic heterocycles. The minimum atomic E-state index is -1.26. The number of carboxylic acid groups (broad SMARTS) is 1. The summed E-state index contributed by atoms with van der Waals surface area (Å²) in [5, 5.41) is 24.0. The van der Waals surface area contributed by atoms with E-state index in [9.17, 15) is 34.2 Å². The highest BCUT2D eigenvalue weighted by atomic mass is 16.4. The molecule has 16 nitrogen and oxygen atoms in total. The Balaban J connectivity index is 2.07. The van der Waals surface area contributed by atoms with E-state index in [4.69, 9.17) is 22.9 Å². The number of aliphatic imine (C=N–C) groups is 1. The Kier molecular flexibility index (Phi) is 11.9. The van der Waals surface area contributed by atoms with Crippen molar-refractivity contribution in [3.05, 3.63) is 0 Å². The number of nitrogens with zero attached hydrogens (tertiary/aromatic N) is 3. The monoisotopic (exact) mass is 555 g/mol. The third kappa shape index (κ3) is 8.49. The number of rotatable bonds is 13. The number of nitrogens with two attached hydrogens (primary N) is 4. The van der Waals surface area contributed by atoms with Crippen molar-refractivity contribution in [2.75, 3.05) is 26.2 Å². The van der Waals surface area contributed by atoms with Crippen molar-refractivity contribution in [1.29, 1.82) is 0 Å². The zero-order chi connectivity index (χ0) is 29.3. The first-order chi connectivity index (χ1) is 18.4. The van der Waals surface area contributed by atoms with Crippen LogP contribution in [0.25, 0.3) is 0 Å². The van der Waals surface area contributed by atoms with Crippen molar-refractivity contribution < 1.29 is 34.2 Å². The molecule has 0 saturated carbocycles. The minimum absolute atomic E-state index is 0.0916. The topological polar surface area (TPSA) is 273 Å². The fourth-order valence-corrected chi connectivity index (χ4v) is 4.72. The van der Waals surface area contributed by atoms with Gasteiger partial charge < -0.3 is 53.6 Å². The predicted octanol–water partition coefficient (Wildman–Crippen LogP) is -4.26. The average Bonchev–Trinajstić information content (AvgIpc) is 3.57. The first kappa shape index (κ1) is 31.7. The van der Waals surface area contributed by atoms with E-state index in [0.29, 0.717) is 32.1 Å². The molecule has 2 heterocycles. The number of aliphatic hydroxyl groups is 1. The van der Waals surface area contributed by atoms with Crippen LogP contribution in [0.5, 0.6) is 0 Å². The van der Waals surface area contributed by atoms with Crippen LogP contribution in [0.2, 0.25) is 0 Å². The average molecular weight is 556 g/mol. The van der Waals surface area contributed by atoms with Crippen molar-refractivity contribution in [1.82, 2.24) is 20.4 Å². The zero-order valence-corrected chi connectivity index (χ0v) is 22.1. The lowest BCUT2D eigenvalue weighted by molar-refractivity contribution is -0.148. The largest absolute Gasteiger partial charge is 0.480 e. The van der Waals surface area contributed by atoms with Crippen LogP contribution in [0.3, 0.4) is 0 Å². The van der Waals surface area contributed by atoms with Crippen LogP contribution < -0.4 is 33.6 Å². The fourth-order valence-electron chi connectivity index (χ4n) is 4.72. The second-order valence-electron chi connectivity index (χ2n) is 9.79. The van der Waals surface area contributed by atoms with Crippen molar-refractivity contribution in [3.63, 3.8) is 0 Å². The van der Waals surface area contributed by atoms with Gasteiger partial charge in [0.15, 0.2) is 5.96 Å². The molecule has 0 spiro atoms. The van der Waals surface area contributed by atoms with Crippen molar-refractivity contribution in [3.8, 4) is 0 Å². The number of aliphatic hydroxyl groups excluding tert-OH is 1. The molecule has 4 amide bonds. The third-order valence-electron chi connectivity index (χ3n) is 6.89. The van der Waals surface area contributed by atoms with Gasteiger partial charge in [0.2, 0.25) is 23.6 Å². The van der Waals surface area contributed by atoms with Crippen LogP contribution >= 0.6 is 0 Å². The fraction of sp³-hybridized carbons (Fsp3) is 0.739. The van der Waals surface area contributed by atoms with Crippen molar-refractivity contribution in [2.24, 2.45) is 27.9 Å². The molecule has 12 N–H and O–H groups in total. The van der Waals surface area contributed by atoms with Gasteiger partial charge in [-0.3, -0.25) is 24.2 Å². The maximum absolute atomic E-state index is 13.5. The van der Waals surface area contributed by atoms with Crippen LogP contribution in [0.1, 0.15) is 45.4 Å². The summed E-state index contributed by atoms with van der Waals surface area (Å²) in [5.41, 5.74) is 21.9. The Morgan fingerprint density at radius 3 is 2.18 bits per heavy atom. The molecule has 0 radical (unpaired) electrons. The smallest absolute Gasteiger partial charge is 0.326 e. The lowest BCUT2D eigenvalue weighted by Crippen LogP contribution is -2.60. The molecule has 0 aromatic rings. The Morgan fingerprint density at radius 2 is 1.62 bits per heavy atom. The molecule has 16 heteroatoms. The summed E-state index contributed by atoms with van der Waals surface area (Å²) in [5.74, 6) is -3.67. The molecule has 0 aromatic heterocycles. The number of nitrogens with one attached hydrogen (secondary N) is 2. The van der Waals surface area contributed by atoms with E-state index in [0.717, 1.165) is 0 Å². The first-order valence-corrected chi connectivity index (χ1v) is 13.0. The second kappa shape index (κ2) is 14.6. The van der Waals surface area contributed by atoms with Gasteiger partial charge in [0.05, 0.1) is 6.10 Å². The number of carboxylic acids is 1. The first-order valence-electron chi connectivity index (χ1n) is 13.0. The highest BCUT2D eigenvalue weighted by molar-refractivity contribution is 5.96. The van der Waals surface area contributed by atoms with E-state index in [1.807, 2.05) is 0 Å². The van der Waals surface area contributed by atoms with E-state index >= 15 is 0 Å². The molecule has 2 aliphatic rings. The van der Waals surface area contributed by atoms with Gasteiger partial charge >= 0.3 is 5.97 Å². The van der Waals surface area contributed by atoms with E-state index in [1.165, 1.54) is 16.7 Å². The number of guanidine groups is 1. The van der Waals surface area contributed by atoms with E-state index < -0.39 is 65.9 Å². The number of hydrogen-bond donors (Lipinski definition) is 8. The normalized spacial score (nSPS) is 21.9. The highest BCUT2D eigenvalue weighted by Crippen LogP contribution is 2.25. The lowest BCUT2D eigenvalue weighted by atomic mass is 10.1. The summed E-state index contributed by atoms with van der Waals surface area (Å²) in [4.78, 5) is 70.2. The van der Waals surface area contributed by atoms with Gasteiger partial charge in [-0.05, 0) is 45.4 Å². The van der Waals surface area contributed by atoms with Gasteiger partial charge in [-0.2, -0.15) is 0 Å². The molecule has 220 valence electrons. The molecule has 0 unspecified atom stereocenters. The molecular weight excluding hydrogens is 514 g/mol. The third-order valence-corrected chi connectivity index (χ3v) is 6.89. The van der Waals surface area contributed by atoms with Crippen LogP contribution in [0.4, 0.5) is 0 Å². The number of likely N-dealkylation sites (tertiary alicyclic amines) is 2.